The fourth-order valence-electron chi connectivity index (χ4n) is 3.60. The van der Waals surface area contributed by atoms with E-state index in [1.807, 2.05) is 0 Å². The molecule has 1 aromatic heterocycles. The fraction of sp³-hybridized carbons (Fsp3) is 0.320. The van der Waals surface area contributed by atoms with E-state index in [1.165, 1.54) is 48.5 Å². The fourth-order valence-corrected chi connectivity index (χ4v) is 3.82. The number of carbonyl (C=O) groups is 2. The molecule has 1 heterocycles. The highest BCUT2D eigenvalue weighted by atomic mass is 35.5. The molecule has 0 bridgehead atoms. The monoisotopic (exact) mass is 520 g/mol. The highest BCUT2D eigenvalue weighted by Crippen LogP contribution is 2.22. The van der Waals surface area contributed by atoms with Gasteiger partial charge in [-0.3, -0.25) is 10.1 Å². The van der Waals surface area contributed by atoms with Crippen LogP contribution in [-0.2, 0) is 16.0 Å². The van der Waals surface area contributed by atoms with Crippen molar-refractivity contribution >= 4 is 40.2 Å². The van der Waals surface area contributed by atoms with Gasteiger partial charge in [-0.15, -0.1) is 0 Å². The summed E-state index contributed by atoms with van der Waals surface area (Å²) in [6.45, 7) is -0.269. The van der Waals surface area contributed by atoms with Gasteiger partial charge in [-0.05, 0) is 54.1 Å². The summed E-state index contributed by atoms with van der Waals surface area (Å²) in [6.07, 6.45) is 0.0344. The number of halogens is 3. The number of aromatic nitrogens is 1. The number of hydrogen-bond acceptors (Lipinski definition) is 6. The first-order valence-electron chi connectivity index (χ1n) is 11.2. The van der Waals surface area contributed by atoms with Gasteiger partial charge in [0, 0.05) is 31.6 Å². The highest BCUT2D eigenvalue weighted by molar-refractivity contribution is 6.31. The molecule has 1 unspecified atom stereocenters. The third-order valence-corrected chi connectivity index (χ3v) is 6.14. The molecule has 0 saturated carbocycles. The minimum Gasteiger partial charge on any atom is -0.447 e. The van der Waals surface area contributed by atoms with Crippen LogP contribution >= 0.6 is 11.6 Å². The van der Waals surface area contributed by atoms with Crippen molar-refractivity contribution < 1.29 is 28.2 Å². The van der Waals surface area contributed by atoms with Gasteiger partial charge >= 0.3 is 6.09 Å². The number of likely N-dealkylation sites (N-methyl/N-ethyl adjacent to an activating group) is 1. The molecule has 4 N–H and O–H groups in total. The maximum Gasteiger partial charge on any atom is 0.412 e. The van der Waals surface area contributed by atoms with E-state index in [9.17, 15) is 23.5 Å². The lowest BCUT2D eigenvalue weighted by Crippen LogP contribution is -2.44. The summed E-state index contributed by atoms with van der Waals surface area (Å²) in [5, 5.41) is 13.7. The van der Waals surface area contributed by atoms with Gasteiger partial charge < -0.3 is 20.5 Å². The molecule has 11 heteroatoms. The first-order chi connectivity index (χ1) is 17.2. The van der Waals surface area contributed by atoms with Gasteiger partial charge in [-0.2, -0.15) is 0 Å². The van der Waals surface area contributed by atoms with Crippen LogP contribution in [0.2, 0.25) is 5.02 Å². The Labute approximate surface area is 212 Å². The molecular formula is C25H27ClF2N4O4. The quantitative estimate of drug-likeness (QED) is 0.373. The number of carbonyl (C=O) groups excluding carboxylic acids is 2. The molecular weight excluding hydrogens is 494 g/mol. The number of ether oxygens (including phenoxy) is 1. The molecule has 2 aromatic carbocycles. The Hall–Kier alpha value is -3.34. The smallest absolute Gasteiger partial charge is 0.412 e. The zero-order chi connectivity index (χ0) is 26.2. The van der Waals surface area contributed by atoms with Crippen molar-refractivity contribution in [3.8, 4) is 0 Å². The average Bonchev–Trinajstić information content (AvgIpc) is 2.86. The van der Waals surface area contributed by atoms with Crippen molar-refractivity contribution in [3.63, 3.8) is 0 Å². The number of aliphatic hydroxyl groups excluding tert-OH is 1. The van der Waals surface area contributed by atoms with E-state index in [0.29, 0.717) is 16.3 Å². The Balaban J connectivity index is 1.60. The summed E-state index contributed by atoms with van der Waals surface area (Å²) in [6, 6.07) is 9.41. The number of anilines is 1. The molecule has 2 amide bonds. The van der Waals surface area contributed by atoms with Crippen molar-refractivity contribution in [2.24, 2.45) is 5.73 Å². The molecule has 3 rings (SSSR count). The number of pyridine rings is 1. The van der Waals surface area contributed by atoms with Gasteiger partial charge in [0.15, 0.2) is 0 Å². The van der Waals surface area contributed by atoms with E-state index in [-0.39, 0.29) is 49.2 Å². The SMILES string of the molecule is CN(C(=O)CCc1cccc(F)c1Cl)[C@H](COC(=O)Nc1cc2cc(F)ccc2cn1)CC(O)CN. The number of amides is 2. The predicted octanol–water partition coefficient (Wildman–Crippen LogP) is 3.88. The third kappa shape index (κ3) is 7.33. The maximum atomic E-state index is 13.7. The molecule has 0 aliphatic rings. The number of aliphatic hydroxyl groups is 1. The standard InChI is InChI=1S/C25H27ClF2N4O4/c1-32(23(34)8-6-15-3-2-4-21(28)24(15)26)19(11-20(33)12-29)14-36-25(35)31-22-10-17-9-18(27)7-5-16(17)13-30-22/h2-5,7,9-10,13,19-20,33H,6,8,11-12,14,29H2,1H3,(H,30,31,35)/t19-,20?/m0/s1. The molecule has 2 atom stereocenters. The Morgan fingerprint density at radius 3 is 2.75 bits per heavy atom. The van der Waals surface area contributed by atoms with Crippen LogP contribution in [0.3, 0.4) is 0 Å². The van der Waals surface area contributed by atoms with E-state index in [1.54, 1.807) is 12.1 Å². The van der Waals surface area contributed by atoms with E-state index in [4.69, 9.17) is 22.1 Å². The predicted molar refractivity (Wildman–Crippen MR) is 133 cm³/mol. The van der Waals surface area contributed by atoms with Gasteiger partial charge in [0.25, 0.3) is 0 Å². The number of rotatable bonds is 10. The van der Waals surface area contributed by atoms with Crippen LogP contribution in [0, 0.1) is 11.6 Å². The first-order valence-corrected chi connectivity index (χ1v) is 11.6. The summed E-state index contributed by atoms with van der Waals surface area (Å²) < 4.78 is 32.4. The number of aryl methyl sites for hydroxylation is 1. The molecule has 0 spiro atoms. The van der Waals surface area contributed by atoms with Crippen LogP contribution in [-0.4, -0.2) is 59.3 Å². The normalized spacial score (nSPS) is 12.7. The molecule has 0 aliphatic heterocycles. The molecule has 0 saturated heterocycles. The topological polar surface area (TPSA) is 118 Å². The third-order valence-electron chi connectivity index (χ3n) is 5.72. The zero-order valence-corrected chi connectivity index (χ0v) is 20.3. The molecule has 0 fully saturated rings. The van der Waals surface area contributed by atoms with Crippen molar-refractivity contribution in [1.82, 2.24) is 9.88 Å². The summed E-state index contributed by atoms with van der Waals surface area (Å²) >= 11 is 5.96. The summed E-state index contributed by atoms with van der Waals surface area (Å²) in [5.41, 5.74) is 6.01. The van der Waals surface area contributed by atoms with Crippen molar-refractivity contribution in [2.45, 2.75) is 31.4 Å². The summed E-state index contributed by atoms with van der Waals surface area (Å²) in [5.74, 6) is -1.14. The second kappa shape index (κ2) is 12.6. The van der Waals surface area contributed by atoms with E-state index < -0.39 is 29.9 Å². The van der Waals surface area contributed by atoms with Crippen LogP contribution in [0.5, 0.6) is 0 Å². The summed E-state index contributed by atoms with van der Waals surface area (Å²) in [7, 11) is 1.52. The van der Waals surface area contributed by atoms with Crippen molar-refractivity contribution in [2.75, 3.05) is 25.5 Å². The number of nitrogens with zero attached hydrogens (tertiary/aromatic N) is 2. The van der Waals surface area contributed by atoms with Crippen molar-refractivity contribution in [3.05, 3.63) is 70.9 Å². The molecule has 3 aromatic rings. The van der Waals surface area contributed by atoms with Gasteiger partial charge in [-0.25, -0.2) is 18.6 Å². The van der Waals surface area contributed by atoms with Crippen LogP contribution in [0.4, 0.5) is 19.4 Å². The zero-order valence-electron chi connectivity index (χ0n) is 19.6. The van der Waals surface area contributed by atoms with E-state index >= 15 is 0 Å². The first kappa shape index (κ1) is 27.3. The van der Waals surface area contributed by atoms with Gasteiger partial charge in [-0.1, -0.05) is 23.7 Å². The van der Waals surface area contributed by atoms with E-state index in [2.05, 4.69) is 10.3 Å². The van der Waals surface area contributed by atoms with E-state index in [0.717, 1.165) is 0 Å². The molecule has 8 nitrogen and oxygen atoms in total. The van der Waals surface area contributed by atoms with Gasteiger partial charge in [0.05, 0.1) is 17.2 Å². The Morgan fingerprint density at radius 2 is 2.00 bits per heavy atom. The van der Waals surface area contributed by atoms with Crippen LogP contribution in [0.25, 0.3) is 10.8 Å². The second-order valence-corrected chi connectivity index (χ2v) is 8.66. The summed E-state index contributed by atoms with van der Waals surface area (Å²) in [4.78, 5) is 30.6. The lowest BCUT2D eigenvalue weighted by molar-refractivity contribution is -0.133. The number of benzene rings is 2. The number of fused-ring (bicyclic) bond motifs is 1. The minimum atomic E-state index is -0.924. The molecule has 0 aliphatic carbocycles. The average molecular weight is 521 g/mol. The maximum absolute atomic E-state index is 13.7. The number of nitrogens with two attached hydrogens (primary N) is 1. The van der Waals surface area contributed by atoms with Crippen molar-refractivity contribution in [1.29, 1.82) is 0 Å². The Morgan fingerprint density at radius 1 is 1.22 bits per heavy atom. The van der Waals surface area contributed by atoms with Gasteiger partial charge in [0.1, 0.15) is 24.1 Å². The Bertz CT molecular complexity index is 1230. The van der Waals surface area contributed by atoms with Crippen LogP contribution in [0.1, 0.15) is 18.4 Å². The minimum absolute atomic E-state index is 0.0264. The second-order valence-electron chi connectivity index (χ2n) is 8.28. The lowest BCUT2D eigenvalue weighted by atomic mass is 10.1. The molecule has 36 heavy (non-hydrogen) atoms. The van der Waals surface area contributed by atoms with Gasteiger partial charge in [0.2, 0.25) is 5.91 Å². The number of hydrogen-bond donors (Lipinski definition) is 3. The van der Waals surface area contributed by atoms with Crippen LogP contribution < -0.4 is 11.1 Å². The number of nitrogens with one attached hydrogen (secondary N) is 1. The molecule has 0 radical (unpaired) electrons. The largest absolute Gasteiger partial charge is 0.447 e. The highest BCUT2D eigenvalue weighted by Gasteiger charge is 2.24. The lowest BCUT2D eigenvalue weighted by Gasteiger charge is -2.29. The Kier molecular flexibility index (Phi) is 9.51. The van der Waals surface area contributed by atoms with Crippen LogP contribution in [0.15, 0.2) is 48.7 Å². The molecule has 192 valence electrons.